The maximum atomic E-state index is 11.1. The summed E-state index contributed by atoms with van der Waals surface area (Å²) in [5, 5.41) is 33.3. The van der Waals surface area contributed by atoms with Gasteiger partial charge in [0.1, 0.15) is 0 Å². The van der Waals surface area contributed by atoms with Crippen LogP contribution in [0.1, 0.15) is 187 Å². The molecule has 15 heteroatoms. The third kappa shape index (κ3) is 21.4. The summed E-state index contributed by atoms with van der Waals surface area (Å²) in [5.74, 6) is 0. The fraction of sp³-hybridized carbons (Fsp3) is 0.973. The topological polar surface area (TPSA) is 66.9 Å². The van der Waals surface area contributed by atoms with Gasteiger partial charge < -0.3 is 22.9 Å². The number of nitrogens with zero attached hydrogens (tertiary/aromatic N) is 3. The number of hydrogen-bond donors (Lipinski definition) is 0. The van der Waals surface area contributed by atoms with Gasteiger partial charge in [0.05, 0.1) is 0 Å². The van der Waals surface area contributed by atoms with E-state index in [9.17, 15) is 15.5 Å². The van der Waals surface area contributed by atoms with Crippen molar-refractivity contribution in [3.63, 3.8) is 0 Å². The van der Waals surface area contributed by atoms with Crippen LogP contribution in [-0.2, 0) is 51.1 Å². The van der Waals surface area contributed by atoms with Crippen molar-refractivity contribution in [3.05, 3.63) is 22.9 Å². The summed E-state index contributed by atoms with van der Waals surface area (Å²) in [6.45, 7) is 58.4. The zero-order valence-corrected chi connectivity index (χ0v) is 50.9. The SMILES string of the molecule is CC(C)(C)P(=[N-])(C(C)(C)C)C(C)(C)C.CC(C)(C)P(=[N-])(C(C)(C)C)C(C)(C)C.CC(C)(C)P(=[N-])(C(C)(C)C)C(C)(C)C.[CH3-].[Cl][Ti][Cl].[Cl][Ti][Cl].[Cl][Ti][Cl]. The van der Waals surface area contributed by atoms with Gasteiger partial charge in [-0.1, -0.05) is 187 Å². The first kappa shape index (κ1) is 71.1. The molecule has 0 rings (SSSR count). The normalized spacial score (nSPS) is 13.6. The average Bonchev–Trinajstić information content (AvgIpc) is 2.78. The Morgan fingerprint density at radius 2 is 0.288 bits per heavy atom. The summed E-state index contributed by atoms with van der Waals surface area (Å²) in [6, 6.07) is 0. The van der Waals surface area contributed by atoms with Crippen LogP contribution in [0.4, 0.5) is 0 Å². The number of hydrogen-bond acceptors (Lipinski definition) is 0. The van der Waals surface area contributed by atoms with E-state index in [0.29, 0.717) is 0 Å². The van der Waals surface area contributed by atoms with Crippen molar-refractivity contribution >= 4 is 77.0 Å². The summed E-state index contributed by atoms with van der Waals surface area (Å²) in [6.07, 6.45) is 0. The molecule has 0 aromatic rings. The van der Waals surface area contributed by atoms with Crippen LogP contribution in [0, 0.1) is 7.43 Å². The van der Waals surface area contributed by atoms with Crippen LogP contribution >= 0.6 is 77.0 Å². The van der Waals surface area contributed by atoms with Crippen molar-refractivity contribution < 1.29 is 51.1 Å². The molecule has 0 saturated heterocycles. The molecule has 0 radical (unpaired) electrons. The molecular weight excluding hydrogens is 936 g/mol. The van der Waals surface area contributed by atoms with Crippen LogP contribution in [0.15, 0.2) is 0 Å². The Morgan fingerprint density at radius 3 is 0.288 bits per heavy atom. The molecule has 0 fully saturated rings. The standard InChI is InChI=1S/3C12H27NP.CH3.6ClH.3Ti/c3*1-10(2,3)14(13,11(4,5)6)12(7,8)9;;;;;;;;;;/h3*1-9H3;1H3;6*1H;;;/q4*-1;;;;;;;3*+2/p-6. The molecular formula is C37H84Cl6N3P3Ti3-4. The second-order valence-electron chi connectivity index (χ2n) is 21.7. The predicted molar refractivity (Wildman–Crippen MR) is 250 cm³/mol. The van der Waals surface area contributed by atoms with Gasteiger partial charge >= 0.3 is 107 Å². The summed E-state index contributed by atoms with van der Waals surface area (Å²) in [4.78, 5) is 0. The average molecular weight is 1020 g/mol. The molecule has 0 aromatic heterocycles. The Kier molecular flexibility index (Phi) is 35.7. The Labute approximate surface area is 379 Å². The third-order valence-corrected chi connectivity index (χ3v) is 26.2. The molecule has 0 amide bonds. The van der Waals surface area contributed by atoms with E-state index in [1.54, 1.807) is 0 Å². The minimum atomic E-state index is -2.02. The Bertz CT molecular complexity index is 825. The first-order chi connectivity index (χ1) is 21.5. The van der Waals surface area contributed by atoms with Crippen molar-refractivity contribution in [3.8, 4) is 0 Å². The van der Waals surface area contributed by atoms with Gasteiger partial charge in [0, 0.05) is 0 Å². The van der Waals surface area contributed by atoms with E-state index in [1.807, 2.05) is 0 Å². The van der Waals surface area contributed by atoms with E-state index in [4.69, 9.17) is 55.8 Å². The zero-order chi connectivity index (χ0) is 44.1. The van der Waals surface area contributed by atoms with E-state index in [0.717, 1.165) is 0 Å². The van der Waals surface area contributed by atoms with Crippen LogP contribution in [0.2, 0.25) is 0 Å². The predicted octanol–water partition coefficient (Wildman–Crippen LogP) is 20.0. The molecule has 0 aliphatic carbocycles. The molecule has 0 heterocycles. The molecule has 52 heavy (non-hydrogen) atoms. The molecule has 0 saturated carbocycles. The molecule has 320 valence electrons. The van der Waals surface area contributed by atoms with E-state index in [1.165, 1.54) is 0 Å². The van der Waals surface area contributed by atoms with Gasteiger partial charge in [0.2, 0.25) is 0 Å². The quantitative estimate of drug-likeness (QED) is 0.132. The van der Waals surface area contributed by atoms with Gasteiger partial charge in [0.15, 0.2) is 0 Å². The van der Waals surface area contributed by atoms with Crippen molar-refractivity contribution in [2.45, 2.75) is 233 Å². The molecule has 0 bridgehead atoms. The number of rotatable bonds is 0. The van der Waals surface area contributed by atoms with Crippen LogP contribution in [0.25, 0.3) is 15.5 Å². The fourth-order valence-corrected chi connectivity index (χ4v) is 27.2. The van der Waals surface area contributed by atoms with Gasteiger partial charge in [-0.3, -0.25) is 0 Å². The van der Waals surface area contributed by atoms with Gasteiger partial charge in [-0.05, 0) is 46.4 Å². The van der Waals surface area contributed by atoms with Crippen molar-refractivity contribution in [2.24, 2.45) is 0 Å². The molecule has 0 spiro atoms. The van der Waals surface area contributed by atoms with Crippen molar-refractivity contribution in [1.82, 2.24) is 0 Å². The van der Waals surface area contributed by atoms with Crippen molar-refractivity contribution in [2.75, 3.05) is 0 Å². The molecule has 0 aromatic carbocycles. The Hall–Kier alpha value is 4.57. The second kappa shape index (κ2) is 26.1. The van der Waals surface area contributed by atoms with Crippen LogP contribution in [0.5, 0.6) is 0 Å². The summed E-state index contributed by atoms with van der Waals surface area (Å²) in [7, 11) is 23.3. The van der Waals surface area contributed by atoms with E-state index in [2.05, 4.69) is 187 Å². The fourth-order valence-electron chi connectivity index (χ4n) is 9.06. The zero-order valence-electron chi connectivity index (χ0n) is 39.0. The van der Waals surface area contributed by atoms with Crippen LogP contribution in [0.3, 0.4) is 0 Å². The minimum absolute atomic E-state index is 0. The monoisotopic (exact) mass is 1020 g/mol. The first-order valence-corrected chi connectivity index (χ1v) is 35.4. The molecule has 3 nitrogen and oxygen atoms in total. The van der Waals surface area contributed by atoms with Gasteiger partial charge in [-0.2, -0.15) is 0 Å². The molecule has 0 unspecified atom stereocenters. The molecule has 0 atom stereocenters. The van der Waals surface area contributed by atoms with Gasteiger partial charge in [-0.15, -0.1) is 0 Å². The van der Waals surface area contributed by atoms with E-state index >= 15 is 0 Å². The molecule has 0 N–H and O–H groups in total. The van der Waals surface area contributed by atoms with Gasteiger partial charge in [-0.25, -0.2) is 21.2 Å². The Balaban J connectivity index is -0.000000103. The maximum absolute atomic E-state index is 11.1. The Morgan fingerprint density at radius 1 is 0.250 bits per heavy atom. The van der Waals surface area contributed by atoms with Crippen LogP contribution < -0.4 is 0 Å². The first-order valence-electron chi connectivity index (χ1n) is 17.2. The summed E-state index contributed by atoms with van der Waals surface area (Å²) < 4.78 is 0. The molecule has 0 aliphatic rings. The van der Waals surface area contributed by atoms with Crippen LogP contribution in [-0.4, -0.2) is 46.4 Å². The summed E-state index contributed by atoms with van der Waals surface area (Å²) >= 11 is -1.67. The van der Waals surface area contributed by atoms with E-state index < -0.39 is 72.3 Å². The summed E-state index contributed by atoms with van der Waals surface area (Å²) in [5.41, 5.74) is 0. The van der Waals surface area contributed by atoms with E-state index in [-0.39, 0.29) is 53.8 Å². The second-order valence-corrected chi connectivity index (χ2v) is 45.3. The van der Waals surface area contributed by atoms with Gasteiger partial charge in [0.25, 0.3) is 0 Å². The number of halogens is 6. The third-order valence-electron chi connectivity index (χ3n) is 8.74. The van der Waals surface area contributed by atoms with Crippen molar-refractivity contribution in [1.29, 1.82) is 0 Å². The molecule has 0 aliphatic heterocycles.